The molecule has 264 valence electrons. The first-order valence-electron chi connectivity index (χ1n) is 19.4. The van der Waals surface area contributed by atoms with Gasteiger partial charge in [0, 0.05) is 33.4 Å². The molecule has 0 radical (unpaired) electrons. The third-order valence-corrected chi connectivity index (χ3v) is 11.8. The number of rotatable bonds is 8. The maximum absolute atomic E-state index is 5.18. The summed E-state index contributed by atoms with van der Waals surface area (Å²) in [6.45, 7) is 0. The lowest BCUT2D eigenvalue weighted by atomic mass is 9.77. The van der Waals surface area contributed by atoms with Gasteiger partial charge in [-0.3, -0.25) is 0 Å². The minimum atomic E-state index is 0.376. The summed E-state index contributed by atoms with van der Waals surface area (Å²) in [5, 5.41) is 0. The first kappa shape index (κ1) is 33.1. The van der Waals surface area contributed by atoms with Crippen molar-refractivity contribution < 1.29 is 0 Å². The van der Waals surface area contributed by atoms with E-state index in [1.54, 1.807) is 0 Å². The van der Waals surface area contributed by atoms with Crippen LogP contribution in [0.5, 0.6) is 0 Å². The van der Waals surface area contributed by atoms with Crippen molar-refractivity contribution in [1.82, 2.24) is 19.9 Å². The number of benzene rings is 6. The molecule has 10 rings (SSSR count). The van der Waals surface area contributed by atoms with Crippen LogP contribution in [0.1, 0.15) is 37.7 Å². The highest BCUT2D eigenvalue weighted by Gasteiger charge is 2.45. The maximum atomic E-state index is 5.18. The Hall–Kier alpha value is -6.52. The fraction of sp³-hybridized carbons (Fsp3) is 0.137. The van der Waals surface area contributed by atoms with Gasteiger partial charge in [0.2, 0.25) is 0 Å². The Morgan fingerprint density at radius 1 is 0.364 bits per heavy atom. The molecule has 6 aromatic carbocycles. The monoisotopic (exact) mass is 708 g/mol. The molecule has 2 aliphatic rings. The number of fused-ring (bicyclic) bond motifs is 2. The molecule has 2 heterocycles. The Morgan fingerprint density at radius 2 is 0.818 bits per heavy atom. The second-order valence-corrected chi connectivity index (χ2v) is 15.2. The minimum absolute atomic E-state index is 0.376. The number of nitrogens with zero attached hydrogens (tertiary/aromatic N) is 4. The number of hydrogen-bond acceptors (Lipinski definition) is 4. The fourth-order valence-electron chi connectivity index (χ4n) is 8.91. The Labute approximate surface area is 322 Å². The zero-order chi connectivity index (χ0) is 36.6. The normalized spacial score (nSPS) is 17.3. The van der Waals surface area contributed by atoms with Crippen LogP contribution in [0.4, 0.5) is 0 Å². The van der Waals surface area contributed by atoms with E-state index in [4.69, 9.17) is 19.9 Å². The van der Waals surface area contributed by atoms with Crippen molar-refractivity contribution in [3.63, 3.8) is 0 Å². The summed E-state index contributed by atoms with van der Waals surface area (Å²) in [5.74, 6) is 2.31. The number of aromatic nitrogens is 4. The van der Waals surface area contributed by atoms with E-state index in [1.165, 1.54) is 37.7 Å². The van der Waals surface area contributed by atoms with Gasteiger partial charge in [0.25, 0.3) is 0 Å². The van der Waals surface area contributed by atoms with Crippen LogP contribution in [0, 0.1) is 5.92 Å². The summed E-state index contributed by atoms with van der Waals surface area (Å²) >= 11 is 0. The molecular weight excluding hydrogens is 669 g/mol. The summed E-state index contributed by atoms with van der Waals surface area (Å²) in [5.41, 5.74) is 13.8. The third kappa shape index (κ3) is 6.44. The van der Waals surface area contributed by atoms with Gasteiger partial charge in [0.1, 0.15) is 0 Å². The highest BCUT2D eigenvalue weighted by atomic mass is 14.9. The van der Waals surface area contributed by atoms with Crippen LogP contribution < -0.4 is 0 Å². The highest BCUT2D eigenvalue weighted by molar-refractivity contribution is 5.84. The molecule has 0 aliphatic heterocycles. The largest absolute Gasteiger partial charge is 0.228 e. The van der Waals surface area contributed by atoms with Gasteiger partial charge < -0.3 is 0 Å². The van der Waals surface area contributed by atoms with E-state index >= 15 is 0 Å². The molecule has 8 aromatic rings. The van der Waals surface area contributed by atoms with Gasteiger partial charge in [-0.2, -0.15) is 0 Å². The first-order valence-corrected chi connectivity index (χ1v) is 19.4. The van der Waals surface area contributed by atoms with Crippen molar-refractivity contribution in [2.24, 2.45) is 5.92 Å². The third-order valence-electron chi connectivity index (χ3n) is 11.8. The second kappa shape index (κ2) is 14.0. The van der Waals surface area contributed by atoms with E-state index in [-0.39, 0.29) is 0 Å². The number of hydrogen-bond donors (Lipinski definition) is 0. The van der Waals surface area contributed by atoms with Gasteiger partial charge >= 0.3 is 0 Å². The van der Waals surface area contributed by atoms with Crippen molar-refractivity contribution in [2.75, 3.05) is 0 Å². The molecule has 55 heavy (non-hydrogen) atoms. The summed E-state index contributed by atoms with van der Waals surface area (Å²) in [6, 6.07) is 61.6. The molecule has 2 saturated carbocycles. The molecule has 4 nitrogen and oxygen atoms in total. The van der Waals surface area contributed by atoms with Crippen LogP contribution in [-0.2, 0) is 5.41 Å². The van der Waals surface area contributed by atoms with Crippen molar-refractivity contribution in [3.8, 4) is 78.9 Å². The first-order chi connectivity index (χ1) is 27.2. The Kier molecular flexibility index (Phi) is 8.44. The van der Waals surface area contributed by atoms with Crippen LogP contribution in [0.15, 0.2) is 176 Å². The lowest BCUT2D eigenvalue weighted by molar-refractivity contribution is 0.419. The lowest BCUT2D eigenvalue weighted by Crippen LogP contribution is -2.19. The van der Waals surface area contributed by atoms with Crippen LogP contribution in [0.2, 0.25) is 0 Å². The smallest absolute Gasteiger partial charge is 0.160 e. The summed E-state index contributed by atoms with van der Waals surface area (Å²) < 4.78 is 0. The van der Waals surface area contributed by atoms with Crippen LogP contribution >= 0.6 is 0 Å². The topological polar surface area (TPSA) is 51.6 Å². The predicted molar refractivity (Wildman–Crippen MR) is 224 cm³/mol. The van der Waals surface area contributed by atoms with Crippen molar-refractivity contribution >= 4 is 0 Å². The van der Waals surface area contributed by atoms with Crippen molar-refractivity contribution in [1.29, 1.82) is 0 Å². The van der Waals surface area contributed by atoms with E-state index in [2.05, 4.69) is 133 Å². The molecule has 0 amide bonds. The zero-order valence-electron chi connectivity index (χ0n) is 30.6. The molecule has 4 heteroatoms. The Bertz CT molecular complexity index is 2610. The van der Waals surface area contributed by atoms with E-state index in [9.17, 15) is 0 Å². The van der Waals surface area contributed by atoms with Gasteiger partial charge in [-0.05, 0) is 78.3 Å². The van der Waals surface area contributed by atoms with E-state index in [0.717, 1.165) is 73.2 Å². The minimum Gasteiger partial charge on any atom is -0.228 e. The molecule has 2 aromatic heterocycles. The van der Waals surface area contributed by atoms with Gasteiger partial charge in [-0.1, -0.05) is 158 Å². The molecular formula is C51H40N4. The van der Waals surface area contributed by atoms with Gasteiger partial charge in [0.05, 0.1) is 22.8 Å². The average molecular weight is 709 g/mol. The molecule has 0 atom stereocenters. The summed E-state index contributed by atoms with van der Waals surface area (Å²) in [4.78, 5) is 20.7. The molecule has 0 unspecified atom stereocenters. The summed E-state index contributed by atoms with van der Waals surface area (Å²) in [7, 11) is 0. The Morgan fingerprint density at radius 3 is 1.36 bits per heavy atom. The van der Waals surface area contributed by atoms with E-state index in [1.807, 2.05) is 42.5 Å². The zero-order valence-corrected chi connectivity index (χ0v) is 30.6. The van der Waals surface area contributed by atoms with Crippen LogP contribution in [0.25, 0.3) is 78.9 Å². The van der Waals surface area contributed by atoms with Gasteiger partial charge in [-0.25, -0.2) is 19.9 Å². The molecule has 0 saturated heterocycles. The SMILES string of the molecule is c1ccc(-c2nc(-c3ccc(C45CCC(CC4)C5)cc3)cc(-c3cccc(-c4cc(-c5ccccc5-c5ccccc5)nc(-c5ccccc5)n4)c3)n2)cc1. The maximum Gasteiger partial charge on any atom is 0.160 e. The highest BCUT2D eigenvalue weighted by Crippen LogP contribution is 2.55. The van der Waals surface area contributed by atoms with Crippen LogP contribution in [0.3, 0.4) is 0 Å². The quantitative estimate of drug-likeness (QED) is 0.158. The summed E-state index contributed by atoms with van der Waals surface area (Å²) in [6.07, 6.45) is 6.74. The molecule has 0 spiro atoms. The van der Waals surface area contributed by atoms with E-state index < -0.39 is 0 Å². The second-order valence-electron chi connectivity index (χ2n) is 15.2. The van der Waals surface area contributed by atoms with Gasteiger partial charge in [-0.15, -0.1) is 0 Å². The average Bonchev–Trinajstić information content (AvgIpc) is 3.90. The van der Waals surface area contributed by atoms with Crippen LogP contribution in [-0.4, -0.2) is 19.9 Å². The molecule has 2 bridgehead atoms. The molecule has 0 N–H and O–H groups in total. The van der Waals surface area contributed by atoms with Gasteiger partial charge in [0.15, 0.2) is 11.6 Å². The van der Waals surface area contributed by atoms with Crippen molar-refractivity contribution in [3.05, 3.63) is 181 Å². The molecule has 2 aliphatic carbocycles. The standard InChI is InChI=1S/C51H40N4/c1-4-13-36(14-5-1)43-21-10-11-22-44(43)48-33-47(54-50(55-48)39-17-8-3-9-18-39)41-20-12-19-40(31-41)46-32-45(52-49(53-46)38-15-6-2-7-16-38)37-23-25-42(26-24-37)51-29-27-35(34-51)28-30-51/h1-26,31-33,35H,27-30,34H2. The predicted octanol–water partition coefficient (Wildman–Crippen LogP) is 12.8. The van der Waals surface area contributed by atoms with Crippen molar-refractivity contribution in [2.45, 2.75) is 37.5 Å². The Balaban J connectivity index is 1.08. The van der Waals surface area contributed by atoms with E-state index in [0.29, 0.717) is 17.1 Å². The molecule has 2 fully saturated rings. The fourth-order valence-corrected chi connectivity index (χ4v) is 8.91. The lowest BCUT2D eigenvalue weighted by Gasteiger charge is -2.27.